The number of rotatable bonds is 5. The molecule has 0 aliphatic carbocycles. The molecule has 0 aromatic carbocycles. The van der Waals surface area contributed by atoms with E-state index < -0.39 is 0 Å². The summed E-state index contributed by atoms with van der Waals surface area (Å²) in [5, 5.41) is 0. The Hall–Kier alpha value is -1.35. The maximum absolute atomic E-state index is 11.2. The van der Waals surface area contributed by atoms with Crippen molar-refractivity contribution in [3.05, 3.63) is 46.5 Å². The molecule has 0 radical (unpaired) electrons. The van der Waals surface area contributed by atoms with Gasteiger partial charge in [-0.2, -0.15) is 0 Å². The molecule has 0 unspecified atom stereocenters. The van der Waals surface area contributed by atoms with Crippen LogP contribution in [0.4, 0.5) is 0 Å². The van der Waals surface area contributed by atoms with E-state index in [-0.39, 0.29) is 11.7 Å². The molecule has 3 heteroatoms. The molecule has 0 bridgehead atoms. The lowest BCUT2D eigenvalue weighted by Gasteiger charge is -2.09. The molecule has 1 rings (SSSR count). The van der Waals surface area contributed by atoms with Crippen molar-refractivity contribution in [1.82, 2.24) is 0 Å². The molecule has 15 heavy (non-hydrogen) atoms. The first-order valence-electron chi connectivity index (χ1n) is 5.17. The van der Waals surface area contributed by atoms with E-state index in [1.54, 1.807) is 6.08 Å². The van der Waals surface area contributed by atoms with Crippen molar-refractivity contribution in [2.45, 2.75) is 32.2 Å². The van der Waals surface area contributed by atoms with E-state index in [0.717, 1.165) is 18.4 Å². The molecule has 1 aromatic heterocycles. The minimum Gasteiger partial charge on any atom is -0.426 e. The Morgan fingerprint density at radius 2 is 2.33 bits per heavy atom. The third-order valence-electron chi connectivity index (χ3n) is 2.19. The monoisotopic (exact) mass is 207 g/mol. The van der Waals surface area contributed by atoms with Crippen LogP contribution < -0.4 is 11.4 Å². The van der Waals surface area contributed by atoms with Crippen LogP contribution >= 0.6 is 0 Å². The average Bonchev–Trinajstić information content (AvgIpc) is 2.17. The molecule has 3 nitrogen and oxygen atoms in total. The lowest BCUT2D eigenvalue weighted by molar-refractivity contribution is 0.411. The molecule has 2 N–H and O–H groups in total. The fourth-order valence-electron chi connectivity index (χ4n) is 1.47. The maximum Gasteiger partial charge on any atom is 0.336 e. The molecule has 0 fully saturated rings. The van der Waals surface area contributed by atoms with E-state index in [9.17, 15) is 4.79 Å². The predicted octanol–water partition coefficient (Wildman–Crippen LogP) is 2.17. The predicted molar refractivity (Wildman–Crippen MR) is 60.7 cm³/mol. The van der Waals surface area contributed by atoms with Gasteiger partial charge in [0.1, 0.15) is 5.76 Å². The van der Waals surface area contributed by atoms with E-state index in [2.05, 4.69) is 6.58 Å². The molecule has 0 aliphatic rings. The molecular weight excluding hydrogens is 190 g/mol. The van der Waals surface area contributed by atoms with Gasteiger partial charge in [-0.05, 0) is 24.5 Å². The highest BCUT2D eigenvalue weighted by Crippen LogP contribution is 2.15. The van der Waals surface area contributed by atoms with Crippen LogP contribution in [0.5, 0.6) is 0 Å². The Labute approximate surface area is 89.6 Å². The molecule has 0 spiro atoms. The topological polar surface area (TPSA) is 56.2 Å². The summed E-state index contributed by atoms with van der Waals surface area (Å²) in [5.41, 5.74) is 6.45. The number of hydrogen-bond acceptors (Lipinski definition) is 3. The van der Waals surface area contributed by atoms with Gasteiger partial charge in [0.25, 0.3) is 0 Å². The second-order valence-electron chi connectivity index (χ2n) is 3.58. The van der Waals surface area contributed by atoms with E-state index in [1.165, 1.54) is 6.07 Å². The molecule has 1 aromatic rings. The largest absolute Gasteiger partial charge is 0.426 e. The van der Waals surface area contributed by atoms with Gasteiger partial charge >= 0.3 is 5.63 Å². The van der Waals surface area contributed by atoms with Crippen molar-refractivity contribution >= 4 is 0 Å². The van der Waals surface area contributed by atoms with Crippen molar-refractivity contribution in [3.8, 4) is 0 Å². The summed E-state index contributed by atoms with van der Waals surface area (Å²) in [5.74, 6) is 0.571. The third kappa shape index (κ3) is 3.36. The Balaban J connectivity index is 2.97. The SMILES string of the molecule is C=CCc1cc([C@H](N)CCC)oc(=O)c1. The van der Waals surface area contributed by atoms with E-state index in [4.69, 9.17) is 10.2 Å². The highest BCUT2D eigenvalue weighted by atomic mass is 16.4. The average molecular weight is 207 g/mol. The number of nitrogens with two attached hydrogens (primary N) is 1. The van der Waals surface area contributed by atoms with Gasteiger partial charge in [0.15, 0.2) is 0 Å². The van der Waals surface area contributed by atoms with Gasteiger partial charge in [-0.1, -0.05) is 19.4 Å². The molecule has 0 saturated carbocycles. The van der Waals surface area contributed by atoms with Crippen molar-refractivity contribution in [2.75, 3.05) is 0 Å². The van der Waals surface area contributed by atoms with E-state index >= 15 is 0 Å². The van der Waals surface area contributed by atoms with Gasteiger partial charge in [0.05, 0.1) is 6.04 Å². The fourth-order valence-corrected chi connectivity index (χ4v) is 1.47. The summed E-state index contributed by atoms with van der Waals surface area (Å²) in [6.07, 6.45) is 4.21. The summed E-state index contributed by atoms with van der Waals surface area (Å²) in [7, 11) is 0. The van der Waals surface area contributed by atoms with Crippen LogP contribution in [0.15, 0.2) is 34.0 Å². The Bertz CT molecular complexity index is 381. The van der Waals surface area contributed by atoms with Gasteiger partial charge in [-0.15, -0.1) is 6.58 Å². The molecule has 0 aliphatic heterocycles. The van der Waals surface area contributed by atoms with Crippen LogP contribution in [-0.4, -0.2) is 0 Å². The summed E-state index contributed by atoms with van der Waals surface area (Å²) < 4.78 is 5.06. The summed E-state index contributed by atoms with van der Waals surface area (Å²) in [4.78, 5) is 11.2. The van der Waals surface area contributed by atoms with Crippen LogP contribution in [0.3, 0.4) is 0 Å². The fraction of sp³-hybridized carbons (Fsp3) is 0.417. The minimum atomic E-state index is -0.337. The lowest BCUT2D eigenvalue weighted by atomic mass is 10.1. The van der Waals surface area contributed by atoms with E-state index in [1.807, 2.05) is 13.0 Å². The van der Waals surface area contributed by atoms with Gasteiger partial charge in [0, 0.05) is 6.07 Å². The second kappa shape index (κ2) is 5.51. The minimum absolute atomic E-state index is 0.188. The van der Waals surface area contributed by atoms with Crippen molar-refractivity contribution in [3.63, 3.8) is 0 Å². The first kappa shape index (κ1) is 11.7. The first-order chi connectivity index (χ1) is 7.17. The van der Waals surface area contributed by atoms with Crippen LogP contribution in [-0.2, 0) is 6.42 Å². The zero-order chi connectivity index (χ0) is 11.3. The second-order valence-corrected chi connectivity index (χ2v) is 3.58. The number of hydrogen-bond donors (Lipinski definition) is 1. The Kier molecular flexibility index (Phi) is 4.31. The smallest absolute Gasteiger partial charge is 0.336 e. The highest BCUT2D eigenvalue weighted by Gasteiger charge is 2.09. The third-order valence-corrected chi connectivity index (χ3v) is 2.19. The molecule has 0 amide bonds. The standard InChI is InChI=1S/C12H17NO2/c1-3-5-9-7-11(10(13)6-4-2)15-12(14)8-9/h3,7-8,10H,1,4-6,13H2,2H3/t10-/m1/s1. The van der Waals surface area contributed by atoms with Crippen LogP contribution in [0.25, 0.3) is 0 Å². The van der Waals surface area contributed by atoms with E-state index in [0.29, 0.717) is 12.2 Å². The molecule has 1 heterocycles. The highest BCUT2D eigenvalue weighted by molar-refractivity contribution is 5.18. The lowest BCUT2D eigenvalue weighted by Crippen LogP contribution is -2.13. The van der Waals surface area contributed by atoms with Gasteiger partial charge in [0.2, 0.25) is 0 Å². The molecule has 82 valence electrons. The molecular formula is C12H17NO2. The Morgan fingerprint density at radius 1 is 1.60 bits per heavy atom. The molecule has 1 atom stereocenters. The van der Waals surface area contributed by atoms with Crippen molar-refractivity contribution in [1.29, 1.82) is 0 Å². The number of allylic oxidation sites excluding steroid dienone is 1. The van der Waals surface area contributed by atoms with Crippen LogP contribution in [0.2, 0.25) is 0 Å². The Morgan fingerprint density at radius 3 is 2.93 bits per heavy atom. The van der Waals surface area contributed by atoms with Gasteiger partial charge in [-0.25, -0.2) is 4.79 Å². The summed E-state index contributed by atoms with van der Waals surface area (Å²) in [6, 6.07) is 3.13. The maximum atomic E-state index is 11.2. The van der Waals surface area contributed by atoms with Gasteiger partial charge in [-0.3, -0.25) is 0 Å². The van der Waals surface area contributed by atoms with Crippen molar-refractivity contribution < 1.29 is 4.42 Å². The zero-order valence-electron chi connectivity index (χ0n) is 9.03. The van der Waals surface area contributed by atoms with Gasteiger partial charge < -0.3 is 10.2 Å². The summed E-state index contributed by atoms with van der Waals surface area (Å²) >= 11 is 0. The molecule has 0 saturated heterocycles. The van der Waals surface area contributed by atoms with Crippen molar-refractivity contribution in [2.24, 2.45) is 5.73 Å². The first-order valence-corrected chi connectivity index (χ1v) is 5.17. The normalized spacial score (nSPS) is 12.4. The van der Waals surface area contributed by atoms with Crippen LogP contribution in [0, 0.1) is 0 Å². The van der Waals surface area contributed by atoms with Crippen LogP contribution in [0.1, 0.15) is 37.1 Å². The quantitative estimate of drug-likeness (QED) is 0.753. The summed E-state index contributed by atoms with van der Waals surface area (Å²) in [6.45, 7) is 5.68. The zero-order valence-corrected chi connectivity index (χ0v) is 9.03.